The number of aliphatic hydroxyl groups is 1. The van der Waals surface area contributed by atoms with E-state index >= 15 is 0 Å². The van der Waals surface area contributed by atoms with Gasteiger partial charge in [0.05, 0.1) is 23.7 Å². The van der Waals surface area contributed by atoms with Crippen molar-refractivity contribution in [3.63, 3.8) is 0 Å². The van der Waals surface area contributed by atoms with Crippen LogP contribution in [-0.4, -0.2) is 22.7 Å². The average molecular weight is 260 g/mol. The number of fused-ring (bicyclic) bond motifs is 1. The van der Waals surface area contributed by atoms with E-state index in [2.05, 4.69) is 16.0 Å². The van der Waals surface area contributed by atoms with Crippen LogP contribution in [0.3, 0.4) is 0 Å². The van der Waals surface area contributed by atoms with Crippen LogP contribution in [0.2, 0.25) is 0 Å². The van der Waals surface area contributed by atoms with Gasteiger partial charge in [-0.15, -0.1) is 0 Å². The second-order valence-electron chi connectivity index (χ2n) is 6.06. The molecule has 0 radical (unpaired) electrons. The predicted molar refractivity (Wildman–Crippen MR) is 77.2 cm³/mol. The van der Waals surface area contributed by atoms with E-state index < -0.39 is 6.10 Å². The van der Waals surface area contributed by atoms with E-state index in [0.29, 0.717) is 0 Å². The van der Waals surface area contributed by atoms with Crippen molar-refractivity contribution in [2.24, 2.45) is 5.92 Å². The number of pyridine rings is 1. The molecule has 1 aromatic heterocycles. The van der Waals surface area contributed by atoms with Crippen LogP contribution in [0.15, 0.2) is 18.3 Å². The maximum absolute atomic E-state index is 9.54. The molecule has 3 atom stereocenters. The maximum Gasteiger partial charge on any atom is 0.0931 e. The first-order valence-corrected chi connectivity index (χ1v) is 7.66. The highest BCUT2D eigenvalue weighted by atomic mass is 16.3. The predicted octanol–water partition coefficient (Wildman–Crippen LogP) is 3.29. The zero-order valence-corrected chi connectivity index (χ0v) is 11.8. The van der Waals surface area contributed by atoms with Crippen LogP contribution in [0.25, 0.3) is 0 Å². The Bertz CT molecular complexity index is 413. The first-order valence-electron chi connectivity index (χ1n) is 7.66. The molecule has 1 saturated heterocycles. The lowest BCUT2D eigenvalue weighted by Gasteiger charge is -2.45. The normalized spacial score (nSPS) is 28.8. The summed E-state index contributed by atoms with van der Waals surface area (Å²) in [6, 6.07) is 4.82. The summed E-state index contributed by atoms with van der Waals surface area (Å²) in [4.78, 5) is 6.96. The van der Waals surface area contributed by atoms with Gasteiger partial charge in [0.1, 0.15) is 0 Å². The van der Waals surface area contributed by atoms with Gasteiger partial charge < -0.3 is 10.0 Å². The molecule has 2 fully saturated rings. The van der Waals surface area contributed by atoms with Crippen molar-refractivity contribution in [2.75, 3.05) is 11.4 Å². The highest BCUT2D eigenvalue weighted by Crippen LogP contribution is 2.37. The number of piperidine rings is 1. The largest absolute Gasteiger partial charge is 0.387 e. The molecule has 2 aliphatic rings. The Hall–Kier alpha value is -1.09. The van der Waals surface area contributed by atoms with E-state index in [-0.39, 0.29) is 0 Å². The van der Waals surface area contributed by atoms with Crippen molar-refractivity contribution in [1.29, 1.82) is 0 Å². The van der Waals surface area contributed by atoms with Crippen LogP contribution in [-0.2, 0) is 0 Å². The lowest BCUT2D eigenvalue weighted by Crippen LogP contribution is -2.46. The van der Waals surface area contributed by atoms with Gasteiger partial charge in [0, 0.05) is 12.6 Å². The van der Waals surface area contributed by atoms with Gasteiger partial charge in [0.25, 0.3) is 0 Å². The Labute approximate surface area is 115 Å². The van der Waals surface area contributed by atoms with Crippen molar-refractivity contribution in [1.82, 2.24) is 4.98 Å². The molecular formula is C16H24N2O. The zero-order valence-electron chi connectivity index (χ0n) is 11.8. The average Bonchev–Trinajstić information content (AvgIpc) is 2.47. The molecule has 2 heterocycles. The van der Waals surface area contributed by atoms with Crippen LogP contribution >= 0.6 is 0 Å². The molecule has 104 valence electrons. The van der Waals surface area contributed by atoms with Gasteiger partial charge in [0.2, 0.25) is 0 Å². The van der Waals surface area contributed by atoms with Crippen LogP contribution in [0, 0.1) is 5.92 Å². The lowest BCUT2D eigenvalue weighted by atomic mass is 9.78. The summed E-state index contributed by atoms with van der Waals surface area (Å²) in [6.07, 6.45) is 9.70. The van der Waals surface area contributed by atoms with E-state index in [4.69, 9.17) is 0 Å². The van der Waals surface area contributed by atoms with Gasteiger partial charge in [-0.1, -0.05) is 12.8 Å². The molecule has 0 unspecified atom stereocenters. The summed E-state index contributed by atoms with van der Waals surface area (Å²) in [7, 11) is 0. The smallest absolute Gasteiger partial charge is 0.0931 e. The van der Waals surface area contributed by atoms with Crippen molar-refractivity contribution >= 4 is 5.69 Å². The molecule has 1 aliphatic carbocycles. The number of anilines is 1. The van der Waals surface area contributed by atoms with Crippen molar-refractivity contribution in [2.45, 2.75) is 57.6 Å². The van der Waals surface area contributed by atoms with E-state index in [1.54, 1.807) is 6.92 Å². The number of hydrogen-bond donors (Lipinski definition) is 1. The number of rotatable bonds is 2. The van der Waals surface area contributed by atoms with E-state index in [0.717, 1.165) is 24.2 Å². The van der Waals surface area contributed by atoms with Crippen molar-refractivity contribution in [3.8, 4) is 0 Å². The molecule has 0 aromatic carbocycles. The molecular weight excluding hydrogens is 236 g/mol. The van der Waals surface area contributed by atoms with Crippen molar-refractivity contribution < 1.29 is 5.11 Å². The third-order valence-electron chi connectivity index (χ3n) is 4.77. The van der Waals surface area contributed by atoms with Crippen LogP contribution < -0.4 is 4.90 Å². The summed E-state index contributed by atoms with van der Waals surface area (Å²) >= 11 is 0. The Morgan fingerprint density at radius 1 is 1.21 bits per heavy atom. The van der Waals surface area contributed by atoms with Gasteiger partial charge in [-0.05, 0) is 50.7 Å². The van der Waals surface area contributed by atoms with Crippen LogP contribution in [0.4, 0.5) is 5.69 Å². The van der Waals surface area contributed by atoms with E-state index in [1.165, 1.54) is 44.2 Å². The maximum atomic E-state index is 9.54. The van der Waals surface area contributed by atoms with Gasteiger partial charge >= 0.3 is 0 Å². The molecule has 1 aromatic rings. The second kappa shape index (κ2) is 5.49. The first kappa shape index (κ1) is 12.9. The zero-order chi connectivity index (χ0) is 13.2. The van der Waals surface area contributed by atoms with Crippen LogP contribution in [0.1, 0.15) is 57.2 Å². The molecule has 3 rings (SSSR count). The molecule has 0 spiro atoms. The lowest BCUT2D eigenvalue weighted by molar-refractivity contribution is 0.194. The summed E-state index contributed by atoms with van der Waals surface area (Å²) < 4.78 is 0. The minimum absolute atomic E-state index is 0.474. The fourth-order valence-electron chi connectivity index (χ4n) is 3.76. The third kappa shape index (κ3) is 2.62. The summed E-state index contributed by atoms with van der Waals surface area (Å²) in [5.74, 6) is 0.888. The number of aromatic nitrogens is 1. The molecule has 1 saturated carbocycles. The Morgan fingerprint density at radius 3 is 2.74 bits per heavy atom. The minimum Gasteiger partial charge on any atom is -0.387 e. The quantitative estimate of drug-likeness (QED) is 0.886. The van der Waals surface area contributed by atoms with Crippen molar-refractivity contribution in [3.05, 3.63) is 24.0 Å². The second-order valence-corrected chi connectivity index (χ2v) is 6.06. The molecule has 3 nitrogen and oxygen atoms in total. The summed E-state index contributed by atoms with van der Waals surface area (Å²) in [5, 5.41) is 9.54. The highest BCUT2D eigenvalue weighted by molar-refractivity contribution is 5.46. The molecule has 1 aliphatic heterocycles. The topological polar surface area (TPSA) is 36.4 Å². The highest BCUT2D eigenvalue weighted by Gasteiger charge is 2.33. The molecule has 0 amide bonds. The molecule has 0 bridgehead atoms. The van der Waals surface area contributed by atoms with E-state index in [9.17, 15) is 5.11 Å². The molecule has 3 heteroatoms. The minimum atomic E-state index is -0.474. The fraction of sp³-hybridized carbons (Fsp3) is 0.688. The van der Waals surface area contributed by atoms with Gasteiger partial charge in [-0.2, -0.15) is 0 Å². The van der Waals surface area contributed by atoms with Gasteiger partial charge in [-0.3, -0.25) is 4.98 Å². The number of hydrogen-bond acceptors (Lipinski definition) is 3. The summed E-state index contributed by atoms with van der Waals surface area (Å²) in [5.41, 5.74) is 2.00. The fourth-order valence-corrected chi connectivity index (χ4v) is 3.76. The third-order valence-corrected chi connectivity index (χ3v) is 4.77. The van der Waals surface area contributed by atoms with Crippen LogP contribution in [0.5, 0.6) is 0 Å². The molecule has 19 heavy (non-hydrogen) atoms. The number of aliphatic hydroxyl groups excluding tert-OH is 1. The Kier molecular flexibility index (Phi) is 3.74. The summed E-state index contributed by atoms with van der Waals surface area (Å²) in [6.45, 7) is 2.93. The van der Waals surface area contributed by atoms with E-state index in [1.807, 2.05) is 12.3 Å². The Balaban J connectivity index is 1.79. The first-order chi connectivity index (χ1) is 9.25. The number of nitrogens with zero attached hydrogens (tertiary/aromatic N) is 2. The monoisotopic (exact) mass is 260 g/mol. The Morgan fingerprint density at radius 2 is 2.00 bits per heavy atom. The standard InChI is InChI=1S/C16H24N2O/c1-12(19)15-9-8-14(11-17-15)18-10-4-6-13-5-2-3-7-16(13)18/h8-9,11-13,16,19H,2-7,10H2,1H3/t12-,13-,16-/m1/s1. The van der Waals surface area contributed by atoms with Gasteiger partial charge in [0.15, 0.2) is 0 Å². The molecule has 1 N–H and O–H groups in total. The van der Waals surface area contributed by atoms with Gasteiger partial charge in [-0.25, -0.2) is 0 Å². The SMILES string of the molecule is C[C@@H](O)c1ccc(N2CCC[C@H]3CCCC[C@H]32)cn1.